The molecule has 0 aromatic heterocycles. The summed E-state index contributed by atoms with van der Waals surface area (Å²) in [6.07, 6.45) is 16.0. The lowest BCUT2D eigenvalue weighted by Crippen LogP contribution is -2.24. The van der Waals surface area contributed by atoms with E-state index >= 15 is 0 Å². The largest absolute Gasteiger partial charge is 0.352 e. The monoisotopic (exact) mass is 351 g/mol. The summed E-state index contributed by atoms with van der Waals surface area (Å²) in [4.78, 5) is 11.9. The minimum absolute atomic E-state index is 0.0272. The summed E-state index contributed by atoms with van der Waals surface area (Å²) >= 11 is 5.90. The van der Waals surface area contributed by atoms with Crippen molar-refractivity contribution in [2.24, 2.45) is 0 Å². The van der Waals surface area contributed by atoms with Gasteiger partial charge in [-0.05, 0) is 24.6 Å². The highest BCUT2D eigenvalue weighted by atomic mass is 35.5. The van der Waals surface area contributed by atoms with E-state index in [-0.39, 0.29) is 5.91 Å². The first kappa shape index (κ1) is 21.0. The average molecular weight is 352 g/mol. The summed E-state index contributed by atoms with van der Waals surface area (Å²) in [5, 5.41) is 3.57. The fourth-order valence-corrected chi connectivity index (χ4v) is 3.09. The first-order chi connectivity index (χ1) is 11.7. The van der Waals surface area contributed by atoms with E-state index in [9.17, 15) is 4.79 Å². The lowest BCUT2D eigenvalue weighted by molar-refractivity contribution is 0.0953. The second-order valence-corrected chi connectivity index (χ2v) is 7.09. The summed E-state index contributed by atoms with van der Waals surface area (Å²) in [5.41, 5.74) is 0.640. The van der Waals surface area contributed by atoms with Crippen molar-refractivity contribution in [2.45, 2.75) is 84.0 Å². The zero-order chi connectivity index (χ0) is 17.5. The first-order valence-electron chi connectivity index (χ1n) is 9.78. The number of carbonyl (C=O) groups excluding carboxylic acids is 1. The van der Waals surface area contributed by atoms with Gasteiger partial charge in [0, 0.05) is 17.1 Å². The van der Waals surface area contributed by atoms with E-state index in [1.54, 1.807) is 24.3 Å². The molecule has 1 aromatic rings. The fourth-order valence-electron chi connectivity index (χ4n) is 2.90. The average Bonchev–Trinajstić information content (AvgIpc) is 2.59. The molecule has 0 aliphatic rings. The molecule has 0 aliphatic heterocycles. The van der Waals surface area contributed by atoms with E-state index in [0.717, 1.165) is 13.0 Å². The number of benzene rings is 1. The SMILES string of the molecule is CCCCCCCCCCCCCCNC(=O)c1cccc(Cl)c1. The molecule has 0 spiro atoms. The number of amides is 1. The normalized spacial score (nSPS) is 10.8. The van der Waals surface area contributed by atoms with Crippen LogP contribution < -0.4 is 5.32 Å². The summed E-state index contributed by atoms with van der Waals surface area (Å²) in [6.45, 7) is 3.02. The lowest BCUT2D eigenvalue weighted by Gasteiger charge is -2.06. The standard InChI is InChI=1S/C21H34ClNO/c1-2-3-4-5-6-7-8-9-10-11-12-13-17-23-21(24)19-15-14-16-20(22)18-19/h14-16,18H,2-13,17H2,1H3,(H,23,24). The van der Waals surface area contributed by atoms with Crippen molar-refractivity contribution in [3.63, 3.8) is 0 Å². The predicted molar refractivity (Wildman–Crippen MR) is 105 cm³/mol. The summed E-state index contributed by atoms with van der Waals surface area (Å²) in [7, 11) is 0. The van der Waals surface area contributed by atoms with Crippen LogP contribution >= 0.6 is 11.6 Å². The van der Waals surface area contributed by atoms with Crippen LogP contribution in [0.4, 0.5) is 0 Å². The minimum atomic E-state index is -0.0272. The molecule has 1 rings (SSSR count). The fraction of sp³-hybridized carbons (Fsp3) is 0.667. The van der Waals surface area contributed by atoms with E-state index in [2.05, 4.69) is 12.2 Å². The van der Waals surface area contributed by atoms with Crippen molar-refractivity contribution in [1.82, 2.24) is 5.32 Å². The Kier molecular flexibility index (Phi) is 12.6. The van der Waals surface area contributed by atoms with Crippen molar-refractivity contribution < 1.29 is 4.79 Å². The number of unbranched alkanes of at least 4 members (excludes halogenated alkanes) is 11. The molecule has 0 aliphatic carbocycles. The number of carbonyl (C=O) groups is 1. The van der Waals surface area contributed by atoms with E-state index in [1.807, 2.05) is 0 Å². The Morgan fingerprint density at radius 3 is 1.96 bits per heavy atom. The van der Waals surface area contributed by atoms with Crippen LogP contribution in [0.15, 0.2) is 24.3 Å². The second kappa shape index (κ2) is 14.3. The van der Waals surface area contributed by atoms with Crippen LogP contribution in [0.5, 0.6) is 0 Å². The molecule has 0 atom stereocenters. The Hall–Kier alpha value is -1.02. The van der Waals surface area contributed by atoms with E-state index in [4.69, 9.17) is 11.6 Å². The first-order valence-corrected chi connectivity index (χ1v) is 10.2. The van der Waals surface area contributed by atoms with Gasteiger partial charge in [0.15, 0.2) is 0 Å². The van der Waals surface area contributed by atoms with Gasteiger partial charge in [-0.2, -0.15) is 0 Å². The highest BCUT2D eigenvalue weighted by Gasteiger charge is 2.04. The Labute approximate surface area is 153 Å². The van der Waals surface area contributed by atoms with Crippen LogP contribution in [0.1, 0.15) is 94.3 Å². The van der Waals surface area contributed by atoms with Crippen molar-refractivity contribution in [2.75, 3.05) is 6.54 Å². The molecule has 24 heavy (non-hydrogen) atoms. The molecule has 0 heterocycles. The van der Waals surface area contributed by atoms with E-state index in [1.165, 1.54) is 70.6 Å². The molecular formula is C21H34ClNO. The van der Waals surface area contributed by atoms with Crippen LogP contribution in [-0.4, -0.2) is 12.5 Å². The molecule has 1 aromatic carbocycles. The predicted octanol–water partition coefficient (Wildman–Crippen LogP) is 6.77. The number of nitrogens with one attached hydrogen (secondary N) is 1. The molecule has 0 fully saturated rings. The van der Waals surface area contributed by atoms with Crippen LogP contribution in [0.3, 0.4) is 0 Å². The molecule has 1 amide bonds. The lowest BCUT2D eigenvalue weighted by atomic mass is 10.1. The van der Waals surface area contributed by atoms with Gasteiger partial charge in [0.25, 0.3) is 5.91 Å². The van der Waals surface area contributed by atoms with Crippen LogP contribution in [0.25, 0.3) is 0 Å². The van der Waals surface area contributed by atoms with Gasteiger partial charge in [0.1, 0.15) is 0 Å². The van der Waals surface area contributed by atoms with Gasteiger partial charge < -0.3 is 5.32 Å². The van der Waals surface area contributed by atoms with Crippen molar-refractivity contribution >= 4 is 17.5 Å². The molecule has 1 N–H and O–H groups in total. The maximum atomic E-state index is 11.9. The van der Waals surface area contributed by atoms with E-state index < -0.39 is 0 Å². The summed E-state index contributed by atoms with van der Waals surface area (Å²) in [5.74, 6) is -0.0272. The molecule has 0 saturated heterocycles. The molecule has 3 heteroatoms. The van der Waals surface area contributed by atoms with Gasteiger partial charge in [0.2, 0.25) is 0 Å². The van der Waals surface area contributed by atoms with Crippen molar-refractivity contribution in [3.05, 3.63) is 34.9 Å². The van der Waals surface area contributed by atoms with Crippen molar-refractivity contribution in [1.29, 1.82) is 0 Å². The zero-order valence-electron chi connectivity index (χ0n) is 15.3. The maximum Gasteiger partial charge on any atom is 0.251 e. The smallest absolute Gasteiger partial charge is 0.251 e. The van der Waals surface area contributed by atoms with Gasteiger partial charge >= 0.3 is 0 Å². The third-order valence-electron chi connectivity index (χ3n) is 4.40. The quantitative estimate of drug-likeness (QED) is 0.368. The number of rotatable bonds is 14. The third kappa shape index (κ3) is 10.7. The molecule has 0 radical (unpaired) electrons. The molecular weight excluding hydrogens is 318 g/mol. The molecule has 0 unspecified atom stereocenters. The van der Waals surface area contributed by atoms with Gasteiger partial charge in [-0.1, -0.05) is 95.2 Å². The Bertz CT molecular complexity index is 447. The van der Waals surface area contributed by atoms with E-state index in [0.29, 0.717) is 10.6 Å². The highest BCUT2D eigenvalue weighted by Crippen LogP contribution is 2.12. The summed E-state index contributed by atoms with van der Waals surface area (Å²) in [6, 6.07) is 7.09. The molecule has 136 valence electrons. The van der Waals surface area contributed by atoms with Crippen molar-refractivity contribution in [3.8, 4) is 0 Å². The third-order valence-corrected chi connectivity index (χ3v) is 4.64. The minimum Gasteiger partial charge on any atom is -0.352 e. The number of halogens is 1. The van der Waals surface area contributed by atoms with Gasteiger partial charge in [-0.3, -0.25) is 4.79 Å². The highest BCUT2D eigenvalue weighted by molar-refractivity contribution is 6.30. The van der Waals surface area contributed by atoms with Gasteiger partial charge in [-0.15, -0.1) is 0 Å². The van der Waals surface area contributed by atoms with Gasteiger partial charge in [0.05, 0.1) is 0 Å². The zero-order valence-corrected chi connectivity index (χ0v) is 16.0. The Morgan fingerprint density at radius 2 is 1.42 bits per heavy atom. The summed E-state index contributed by atoms with van der Waals surface area (Å²) < 4.78 is 0. The number of hydrogen-bond acceptors (Lipinski definition) is 1. The molecule has 0 bridgehead atoms. The Morgan fingerprint density at radius 1 is 0.875 bits per heavy atom. The second-order valence-electron chi connectivity index (χ2n) is 6.66. The Balaban J connectivity index is 1.88. The number of hydrogen-bond donors (Lipinski definition) is 1. The molecule has 2 nitrogen and oxygen atoms in total. The topological polar surface area (TPSA) is 29.1 Å². The maximum absolute atomic E-state index is 11.9. The van der Waals surface area contributed by atoms with Crippen LogP contribution in [-0.2, 0) is 0 Å². The molecule has 0 saturated carbocycles. The van der Waals surface area contributed by atoms with Crippen LogP contribution in [0.2, 0.25) is 5.02 Å². The van der Waals surface area contributed by atoms with Crippen LogP contribution in [0, 0.1) is 0 Å². The van der Waals surface area contributed by atoms with Gasteiger partial charge in [-0.25, -0.2) is 0 Å².